The smallest absolute Gasteiger partial charge is 0.408 e. The lowest BCUT2D eigenvalue weighted by molar-refractivity contribution is 0.555. The molecule has 108 valence electrons. The van der Waals surface area contributed by atoms with E-state index in [4.69, 9.17) is 16.0 Å². The molecule has 1 aromatic heterocycles. The van der Waals surface area contributed by atoms with Crippen LogP contribution in [0.3, 0.4) is 0 Å². The Labute approximate surface area is 124 Å². The van der Waals surface area contributed by atoms with Gasteiger partial charge in [-0.25, -0.2) is 13.2 Å². The Kier molecular flexibility index (Phi) is 3.23. The molecule has 2 aromatic carbocycles. The number of benzene rings is 2. The molecule has 0 radical (unpaired) electrons. The van der Waals surface area contributed by atoms with Crippen molar-refractivity contribution in [2.45, 2.75) is 4.90 Å². The van der Waals surface area contributed by atoms with E-state index in [9.17, 15) is 13.2 Å². The van der Waals surface area contributed by atoms with Crippen molar-refractivity contribution in [3.63, 3.8) is 0 Å². The number of halogens is 1. The number of aromatic amines is 1. The van der Waals surface area contributed by atoms with Gasteiger partial charge in [0.05, 0.1) is 16.2 Å². The van der Waals surface area contributed by atoms with Crippen LogP contribution in [-0.4, -0.2) is 13.4 Å². The van der Waals surface area contributed by atoms with Gasteiger partial charge < -0.3 is 4.42 Å². The van der Waals surface area contributed by atoms with Gasteiger partial charge in [0.25, 0.3) is 10.0 Å². The number of sulfonamides is 1. The van der Waals surface area contributed by atoms with Crippen LogP contribution in [0.2, 0.25) is 5.02 Å². The average molecular weight is 325 g/mol. The fourth-order valence-electron chi connectivity index (χ4n) is 1.88. The van der Waals surface area contributed by atoms with Crippen molar-refractivity contribution in [1.82, 2.24) is 4.98 Å². The van der Waals surface area contributed by atoms with Crippen LogP contribution in [0, 0.1) is 0 Å². The molecule has 21 heavy (non-hydrogen) atoms. The van der Waals surface area contributed by atoms with Gasteiger partial charge in [0.2, 0.25) is 0 Å². The van der Waals surface area contributed by atoms with Crippen LogP contribution in [0.15, 0.2) is 56.6 Å². The molecule has 0 fully saturated rings. The van der Waals surface area contributed by atoms with E-state index in [2.05, 4.69) is 9.71 Å². The maximum atomic E-state index is 12.3. The zero-order valence-corrected chi connectivity index (χ0v) is 12.0. The third kappa shape index (κ3) is 2.65. The number of H-pyrrole nitrogens is 1. The Balaban J connectivity index is 2.01. The van der Waals surface area contributed by atoms with E-state index in [1.807, 2.05) is 0 Å². The van der Waals surface area contributed by atoms with Gasteiger partial charge in [0, 0.05) is 6.07 Å². The summed E-state index contributed by atoms with van der Waals surface area (Å²) in [5.41, 5.74) is 1.02. The quantitative estimate of drug-likeness (QED) is 0.774. The van der Waals surface area contributed by atoms with Crippen LogP contribution in [0.25, 0.3) is 11.1 Å². The molecular weight excluding hydrogens is 316 g/mol. The van der Waals surface area contributed by atoms with Gasteiger partial charge in [0.15, 0.2) is 5.58 Å². The normalized spacial score (nSPS) is 11.7. The molecule has 0 amide bonds. The highest BCUT2D eigenvalue weighted by Crippen LogP contribution is 2.24. The lowest BCUT2D eigenvalue weighted by Crippen LogP contribution is -2.13. The molecule has 1 heterocycles. The third-order valence-corrected chi connectivity index (χ3v) is 4.68. The van der Waals surface area contributed by atoms with E-state index >= 15 is 0 Å². The molecule has 3 aromatic rings. The fourth-order valence-corrected chi connectivity index (χ4v) is 3.45. The van der Waals surface area contributed by atoms with Gasteiger partial charge in [-0.1, -0.05) is 23.7 Å². The molecule has 0 unspecified atom stereocenters. The first kappa shape index (κ1) is 13.7. The molecule has 0 saturated carbocycles. The van der Waals surface area contributed by atoms with E-state index in [-0.39, 0.29) is 21.2 Å². The first-order valence-corrected chi connectivity index (χ1v) is 7.72. The standard InChI is InChI=1S/C13H9ClN2O4S/c14-9-3-1-2-4-12(9)21(18,19)16-8-5-6-10-11(7-8)20-13(17)15-10/h1-7,16H,(H,15,17). The van der Waals surface area contributed by atoms with Crippen molar-refractivity contribution in [3.05, 3.63) is 58.0 Å². The molecule has 0 atom stereocenters. The summed E-state index contributed by atoms with van der Waals surface area (Å²) in [6.07, 6.45) is 0. The number of anilines is 1. The fraction of sp³-hybridized carbons (Fsp3) is 0. The lowest BCUT2D eigenvalue weighted by Gasteiger charge is -2.09. The number of hydrogen-bond acceptors (Lipinski definition) is 4. The summed E-state index contributed by atoms with van der Waals surface area (Å²) < 4.78 is 31.8. The minimum atomic E-state index is -3.82. The Morgan fingerprint density at radius 1 is 1.14 bits per heavy atom. The number of oxazole rings is 1. The summed E-state index contributed by atoms with van der Waals surface area (Å²) in [4.78, 5) is 13.5. The number of fused-ring (bicyclic) bond motifs is 1. The predicted octanol–water partition coefficient (Wildman–Crippen LogP) is 2.58. The molecule has 0 spiro atoms. The maximum Gasteiger partial charge on any atom is 0.417 e. The van der Waals surface area contributed by atoms with Crippen LogP contribution in [0.5, 0.6) is 0 Å². The summed E-state index contributed by atoms with van der Waals surface area (Å²) in [5.74, 6) is -0.601. The lowest BCUT2D eigenvalue weighted by atomic mass is 10.3. The van der Waals surface area contributed by atoms with Gasteiger partial charge in [-0.3, -0.25) is 9.71 Å². The molecule has 6 nitrogen and oxygen atoms in total. The van der Waals surface area contributed by atoms with Crippen molar-refractivity contribution in [2.24, 2.45) is 0 Å². The van der Waals surface area contributed by atoms with E-state index in [1.54, 1.807) is 18.2 Å². The topological polar surface area (TPSA) is 92.2 Å². The molecule has 0 aliphatic heterocycles. The monoisotopic (exact) mass is 324 g/mol. The van der Waals surface area contributed by atoms with Crippen LogP contribution in [-0.2, 0) is 10.0 Å². The Morgan fingerprint density at radius 2 is 1.90 bits per heavy atom. The van der Waals surface area contributed by atoms with Crippen molar-refractivity contribution < 1.29 is 12.8 Å². The van der Waals surface area contributed by atoms with Gasteiger partial charge >= 0.3 is 5.76 Å². The molecule has 0 saturated heterocycles. The minimum absolute atomic E-state index is 0.0257. The van der Waals surface area contributed by atoms with Crippen molar-refractivity contribution in [2.75, 3.05) is 4.72 Å². The van der Waals surface area contributed by atoms with Crippen LogP contribution >= 0.6 is 11.6 Å². The van der Waals surface area contributed by atoms with Crippen LogP contribution in [0.1, 0.15) is 0 Å². The third-order valence-electron chi connectivity index (χ3n) is 2.80. The van der Waals surface area contributed by atoms with E-state index < -0.39 is 15.8 Å². The molecule has 3 rings (SSSR count). The highest BCUT2D eigenvalue weighted by Gasteiger charge is 2.17. The van der Waals surface area contributed by atoms with Gasteiger partial charge in [-0.15, -0.1) is 0 Å². The highest BCUT2D eigenvalue weighted by molar-refractivity contribution is 7.92. The second-order valence-corrected chi connectivity index (χ2v) is 6.32. The minimum Gasteiger partial charge on any atom is -0.408 e. The van der Waals surface area contributed by atoms with Gasteiger partial charge in [-0.05, 0) is 24.3 Å². The second-order valence-electron chi connectivity index (χ2n) is 4.26. The number of nitrogens with one attached hydrogen (secondary N) is 2. The number of hydrogen-bond donors (Lipinski definition) is 2. The molecular formula is C13H9ClN2O4S. The maximum absolute atomic E-state index is 12.3. The average Bonchev–Trinajstić information content (AvgIpc) is 2.78. The second kappa shape index (κ2) is 4.94. The van der Waals surface area contributed by atoms with E-state index in [0.717, 1.165) is 0 Å². The van der Waals surface area contributed by atoms with Gasteiger partial charge in [-0.2, -0.15) is 0 Å². The largest absolute Gasteiger partial charge is 0.417 e. The molecule has 0 aliphatic rings. The summed E-state index contributed by atoms with van der Waals surface area (Å²) in [6.45, 7) is 0. The number of rotatable bonds is 3. The Bertz CT molecular complexity index is 975. The SMILES string of the molecule is O=c1[nH]c2ccc(NS(=O)(=O)c3ccccc3Cl)cc2o1. The van der Waals surface area contributed by atoms with Crippen molar-refractivity contribution >= 4 is 38.4 Å². The summed E-state index contributed by atoms with van der Waals surface area (Å²) in [6, 6.07) is 10.6. The summed E-state index contributed by atoms with van der Waals surface area (Å²) in [5, 5.41) is 0.124. The van der Waals surface area contributed by atoms with Crippen LogP contribution in [0.4, 0.5) is 5.69 Å². The first-order valence-electron chi connectivity index (χ1n) is 5.86. The molecule has 0 aliphatic carbocycles. The zero-order valence-electron chi connectivity index (χ0n) is 10.5. The zero-order chi connectivity index (χ0) is 15.0. The first-order chi connectivity index (χ1) is 9.95. The van der Waals surface area contributed by atoms with E-state index in [1.165, 1.54) is 24.3 Å². The predicted molar refractivity (Wildman–Crippen MR) is 79.1 cm³/mol. The number of aromatic nitrogens is 1. The Hall–Kier alpha value is -2.25. The summed E-state index contributed by atoms with van der Waals surface area (Å²) >= 11 is 5.89. The van der Waals surface area contributed by atoms with Gasteiger partial charge in [0.1, 0.15) is 4.90 Å². The van der Waals surface area contributed by atoms with Crippen molar-refractivity contribution in [1.29, 1.82) is 0 Å². The van der Waals surface area contributed by atoms with E-state index in [0.29, 0.717) is 5.52 Å². The Morgan fingerprint density at radius 3 is 2.67 bits per heavy atom. The van der Waals surface area contributed by atoms with Crippen molar-refractivity contribution in [3.8, 4) is 0 Å². The van der Waals surface area contributed by atoms with Crippen LogP contribution < -0.4 is 10.5 Å². The molecule has 8 heteroatoms. The summed E-state index contributed by atoms with van der Waals surface area (Å²) in [7, 11) is -3.82. The highest BCUT2D eigenvalue weighted by atomic mass is 35.5. The molecule has 2 N–H and O–H groups in total. The molecule has 0 bridgehead atoms.